The molecule has 0 aliphatic carbocycles. The number of unbranched alkanes of at least 4 members (excludes halogenated alkanes) is 1. The van der Waals surface area contributed by atoms with Crippen molar-refractivity contribution in [1.29, 1.82) is 0 Å². The molecule has 0 saturated carbocycles. The molecule has 1 aromatic carbocycles. The van der Waals surface area contributed by atoms with E-state index in [1.165, 1.54) is 12.1 Å². The van der Waals surface area contributed by atoms with Crippen molar-refractivity contribution in [3.05, 3.63) is 35.1 Å². The number of hydrogen-bond donors (Lipinski definition) is 0. The van der Waals surface area contributed by atoms with Crippen molar-refractivity contribution in [3.63, 3.8) is 0 Å². The molecule has 0 amide bonds. The highest BCUT2D eigenvalue weighted by molar-refractivity contribution is 5.89. The third kappa shape index (κ3) is 5.01. The molecule has 0 saturated heterocycles. The fourth-order valence-corrected chi connectivity index (χ4v) is 1.96. The maximum absolute atomic E-state index is 13.6. The molecule has 19 heavy (non-hydrogen) atoms. The van der Waals surface area contributed by atoms with Crippen LogP contribution in [0.1, 0.15) is 55.5 Å². The van der Waals surface area contributed by atoms with Gasteiger partial charge in [-0.1, -0.05) is 39.2 Å². The van der Waals surface area contributed by atoms with Crippen molar-refractivity contribution in [2.24, 2.45) is 5.92 Å². The first-order valence-electron chi connectivity index (χ1n) is 7.01. The Kier molecular flexibility index (Phi) is 6.54. The zero-order valence-corrected chi connectivity index (χ0v) is 12.0. The van der Waals surface area contributed by atoms with Crippen molar-refractivity contribution in [2.45, 2.75) is 46.5 Å². The lowest BCUT2D eigenvalue weighted by atomic mass is 10.0. The first kappa shape index (κ1) is 15.7. The molecule has 1 unspecified atom stereocenters. The average molecular weight is 266 g/mol. The number of ether oxygens (including phenoxy) is 1. The van der Waals surface area contributed by atoms with E-state index in [0.717, 1.165) is 31.2 Å². The van der Waals surface area contributed by atoms with Crippen molar-refractivity contribution >= 4 is 5.97 Å². The Bertz CT molecular complexity index is 415. The monoisotopic (exact) mass is 266 g/mol. The van der Waals surface area contributed by atoms with Crippen LogP contribution >= 0.6 is 0 Å². The van der Waals surface area contributed by atoms with Gasteiger partial charge in [0.05, 0.1) is 12.2 Å². The van der Waals surface area contributed by atoms with E-state index < -0.39 is 11.8 Å². The zero-order chi connectivity index (χ0) is 14.3. The standard InChI is InChI=1S/C16H23FO2/c1-4-6-7-13(5-2)11-19-16(18)14-9-8-12(3)10-15(14)17/h8-10,13H,4-7,11H2,1-3H3. The van der Waals surface area contributed by atoms with Crippen LogP contribution in [0.4, 0.5) is 4.39 Å². The number of rotatable bonds is 7. The first-order chi connectivity index (χ1) is 9.08. The summed E-state index contributed by atoms with van der Waals surface area (Å²) in [6.07, 6.45) is 4.30. The highest BCUT2D eigenvalue weighted by Crippen LogP contribution is 2.15. The number of carbonyl (C=O) groups is 1. The van der Waals surface area contributed by atoms with Crippen LogP contribution in [-0.4, -0.2) is 12.6 Å². The van der Waals surface area contributed by atoms with Gasteiger partial charge >= 0.3 is 5.97 Å². The van der Waals surface area contributed by atoms with Gasteiger partial charge in [0.25, 0.3) is 0 Å². The molecule has 0 aliphatic heterocycles. The summed E-state index contributed by atoms with van der Waals surface area (Å²) in [5.74, 6) is -0.698. The lowest BCUT2D eigenvalue weighted by molar-refractivity contribution is 0.0423. The Morgan fingerprint density at radius 3 is 2.68 bits per heavy atom. The highest BCUT2D eigenvalue weighted by Gasteiger charge is 2.15. The molecule has 1 rings (SSSR count). The molecule has 0 fully saturated rings. The van der Waals surface area contributed by atoms with Crippen molar-refractivity contribution in [2.75, 3.05) is 6.61 Å². The third-order valence-corrected chi connectivity index (χ3v) is 3.34. The summed E-state index contributed by atoms with van der Waals surface area (Å²) in [6, 6.07) is 4.55. The summed E-state index contributed by atoms with van der Waals surface area (Å²) < 4.78 is 18.8. The maximum atomic E-state index is 13.6. The smallest absolute Gasteiger partial charge is 0.341 e. The van der Waals surface area contributed by atoms with Crippen LogP contribution in [0.25, 0.3) is 0 Å². The van der Waals surface area contributed by atoms with E-state index in [1.54, 1.807) is 13.0 Å². The van der Waals surface area contributed by atoms with Crippen molar-refractivity contribution < 1.29 is 13.9 Å². The molecule has 1 aromatic rings. The van der Waals surface area contributed by atoms with E-state index in [4.69, 9.17) is 4.74 Å². The number of aryl methyl sites for hydroxylation is 1. The van der Waals surface area contributed by atoms with Crippen LogP contribution < -0.4 is 0 Å². The maximum Gasteiger partial charge on any atom is 0.341 e. The Labute approximate surface area is 115 Å². The fraction of sp³-hybridized carbons (Fsp3) is 0.562. The van der Waals surface area contributed by atoms with E-state index in [0.29, 0.717) is 12.5 Å². The van der Waals surface area contributed by atoms with Gasteiger partial charge < -0.3 is 4.74 Å². The van der Waals surface area contributed by atoms with E-state index in [2.05, 4.69) is 13.8 Å². The summed E-state index contributed by atoms with van der Waals surface area (Å²) in [7, 11) is 0. The molecule has 0 aliphatic rings. The van der Waals surface area contributed by atoms with Gasteiger partial charge in [-0.05, 0) is 37.0 Å². The van der Waals surface area contributed by atoms with Gasteiger partial charge in [-0.15, -0.1) is 0 Å². The molecular formula is C16H23FO2. The highest BCUT2D eigenvalue weighted by atomic mass is 19.1. The minimum absolute atomic E-state index is 0.0240. The molecule has 2 nitrogen and oxygen atoms in total. The predicted molar refractivity (Wildman–Crippen MR) is 74.7 cm³/mol. The SMILES string of the molecule is CCCCC(CC)COC(=O)c1ccc(C)cc1F. The van der Waals surface area contributed by atoms with Gasteiger partial charge in [-0.3, -0.25) is 0 Å². The van der Waals surface area contributed by atoms with Gasteiger partial charge in [-0.25, -0.2) is 9.18 Å². The first-order valence-corrected chi connectivity index (χ1v) is 7.01. The summed E-state index contributed by atoms with van der Waals surface area (Å²) in [5, 5.41) is 0. The van der Waals surface area contributed by atoms with Crippen LogP contribution in [0.15, 0.2) is 18.2 Å². The van der Waals surface area contributed by atoms with Gasteiger partial charge in [0.2, 0.25) is 0 Å². The number of hydrogen-bond acceptors (Lipinski definition) is 2. The Morgan fingerprint density at radius 2 is 2.11 bits per heavy atom. The molecule has 0 heterocycles. The lowest BCUT2D eigenvalue weighted by Crippen LogP contribution is -2.15. The number of benzene rings is 1. The summed E-state index contributed by atoms with van der Waals surface area (Å²) >= 11 is 0. The van der Waals surface area contributed by atoms with Crippen LogP contribution in [-0.2, 0) is 4.74 Å². The molecule has 3 heteroatoms. The number of carbonyl (C=O) groups excluding carboxylic acids is 1. The fourth-order valence-electron chi connectivity index (χ4n) is 1.96. The zero-order valence-electron chi connectivity index (χ0n) is 12.0. The summed E-state index contributed by atoms with van der Waals surface area (Å²) in [6.45, 7) is 6.39. The van der Waals surface area contributed by atoms with Crippen LogP contribution in [0.3, 0.4) is 0 Å². The second kappa shape index (κ2) is 7.93. The van der Waals surface area contributed by atoms with E-state index in [1.807, 2.05) is 0 Å². The molecule has 1 atom stereocenters. The summed E-state index contributed by atoms with van der Waals surface area (Å²) in [5.41, 5.74) is 0.819. The Hall–Kier alpha value is -1.38. The second-order valence-corrected chi connectivity index (χ2v) is 5.00. The molecule has 0 spiro atoms. The van der Waals surface area contributed by atoms with Crippen molar-refractivity contribution in [1.82, 2.24) is 0 Å². The molecular weight excluding hydrogens is 243 g/mol. The number of halogens is 1. The minimum Gasteiger partial charge on any atom is -0.462 e. The molecule has 0 aromatic heterocycles. The third-order valence-electron chi connectivity index (χ3n) is 3.34. The van der Waals surface area contributed by atoms with Gasteiger partial charge in [0.1, 0.15) is 5.82 Å². The Balaban J connectivity index is 2.54. The van der Waals surface area contributed by atoms with Crippen LogP contribution in [0.2, 0.25) is 0 Å². The quantitative estimate of drug-likeness (QED) is 0.679. The van der Waals surface area contributed by atoms with E-state index in [-0.39, 0.29) is 5.56 Å². The number of esters is 1. The second-order valence-electron chi connectivity index (χ2n) is 5.00. The lowest BCUT2D eigenvalue weighted by Gasteiger charge is -2.14. The average Bonchev–Trinajstić information content (AvgIpc) is 2.38. The van der Waals surface area contributed by atoms with E-state index in [9.17, 15) is 9.18 Å². The van der Waals surface area contributed by atoms with Crippen molar-refractivity contribution in [3.8, 4) is 0 Å². The van der Waals surface area contributed by atoms with Gasteiger partial charge in [0, 0.05) is 0 Å². The van der Waals surface area contributed by atoms with Gasteiger partial charge in [0.15, 0.2) is 0 Å². The topological polar surface area (TPSA) is 26.3 Å². The molecule has 0 radical (unpaired) electrons. The van der Waals surface area contributed by atoms with Crippen LogP contribution in [0, 0.1) is 18.7 Å². The summed E-state index contributed by atoms with van der Waals surface area (Å²) in [4.78, 5) is 11.8. The predicted octanol–water partition coefficient (Wildman–Crippen LogP) is 4.51. The van der Waals surface area contributed by atoms with Crippen LogP contribution in [0.5, 0.6) is 0 Å². The van der Waals surface area contributed by atoms with E-state index >= 15 is 0 Å². The Morgan fingerprint density at radius 1 is 1.37 bits per heavy atom. The normalized spacial score (nSPS) is 12.2. The molecule has 0 N–H and O–H groups in total. The molecule has 0 bridgehead atoms. The van der Waals surface area contributed by atoms with Gasteiger partial charge in [-0.2, -0.15) is 0 Å². The minimum atomic E-state index is -0.563. The largest absolute Gasteiger partial charge is 0.462 e. The molecule has 106 valence electrons.